The number of methoxy groups -OCH3 is 1. The van der Waals surface area contributed by atoms with Crippen LogP contribution in [0.2, 0.25) is 10.0 Å². The Bertz CT molecular complexity index is 1110. The first-order chi connectivity index (χ1) is 17.5. The SMILES string of the molecule is COC[C@@H](CN1CCC(C(=O)Nc2ccc(Cl)cc2OC(F)F)(n2ncc(Cl)c2C(C)C)CC1)C(=O)O. The standard InChI is InChI=1S/C24H30Cl2F2N4O5/c1-14(2)20-17(26)11-29-32(20)24(6-8-31(9-7-24)12-15(13-36-3)21(33)34)22(35)30-18-5-4-16(25)10-19(18)37-23(27)28/h4-5,10-11,14-15,23H,6-9,12-13H2,1-3H3,(H,30,35)(H,33,34)/t15-/m1/s1. The molecule has 1 aromatic heterocycles. The largest absolute Gasteiger partial charge is 0.481 e. The highest BCUT2D eigenvalue weighted by Crippen LogP contribution is 2.38. The van der Waals surface area contributed by atoms with Crippen LogP contribution in [0.1, 0.15) is 38.3 Å². The molecule has 1 aliphatic heterocycles. The van der Waals surface area contributed by atoms with Gasteiger partial charge in [0, 0.05) is 37.8 Å². The van der Waals surface area contributed by atoms with Crippen molar-refractivity contribution >= 4 is 40.8 Å². The molecule has 13 heteroatoms. The van der Waals surface area contributed by atoms with E-state index in [1.165, 1.54) is 31.5 Å². The number of rotatable bonds is 11. The van der Waals surface area contributed by atoms with Crippen molar-refractivity contribution in [1.29, 1.82) is 0 Å². The molecule has 0 saturated carbocycles. The Labute approximate surface area is 223 Å². The number of carboxylic acid groups (broad SMARTS) is 1. The van der Waals surface area contributed by atoms with Gasteiger partial charge >= 0.3 is 12.6 Å². The summed E-state index contributed by atoms with van der Waals surface area (Å²) in [7, 11) is 1.44. The van der Waals surface area contributed by atoms with E-state index in [9.17, 15) is 23.5 Å². The molecule has 1 amide bonds. The third kappa shape index (κ3) is 6.70. The van der Waals surface area contributed by atoms with E-state index < -0.39 is 29.9 Å². The summed E-state index contributed by atoms with van der Waals surface area (Å²) in [5, 5.41) is 17.2. The topological polar surface area (TPSA) is 106 Å². The number of carboxylic acids is 1. The van der Waals surface area contributed by atoms with Crippen molar-refractivity contribution in [3.05, 3.63) is 40.1 Å². The monoisotopic (exact) mass is 562 g/mol. The van der Waals surface area contributed by atoms with Gasteiger partial charge < -0.3 is 24.8 Å². The van der Waals surface area contributed by atoms with E-state index in [1.54, 1.807) is 4.68 Å². The third-order valence-corrected chi connectivity index (χ3v) is 6.95. The van der Waals surface area contributed by atoms with Gasteiger partial charge in [-0.05, 0) is 30.9 Å². The van der Waals surface area contributed by atoms with Crippen LogP contribution in [0, 0.1) is 5.92 Å². The lowest BCUT2D eigenvalue weighted by Crippen LogP contribution is -2.55. The second-order valence-corrected chi connectivity index (χ2v) is 10.1. The summed E-state index contributed by atoms with van der Waals surface area (Å²) in [6, 6.07) is 4.05. The van der Waals surface area contributed by atoms with Crippen LogP contribution in [-0.4, -0.2) is 71.6 Å². The molecular weight excluding hydrogens is 533 g/mol. The highest BCUT2D eigenvalue weighted by atomic mass is 35.5. The number of hydrogen-bond donors (Lipinski definition) is 2. The predicted octanol–water partition coefficient (Wildman–Crippen LogP) is 4.69. The maximum atomic E-state index is 13.9. The van der Waals surface area contributed by atoms with Crippen LogP contribution < -0.4 is 10.1 Å². The van der Waals surface area contributed by atoms with Gasteiger partial charge in [-0.1, -0.05) is 37.0 Å². The van der Waals surface area contributed by atoms with Crippen molar-refractivity contribution in [2.45, 2.75) is 44.8 Å². The summed E-state index contributed by atoms with van der Waals surface area (Å²) in [6.45, 7) is 1.83. The Balaban J connectivity index is 1.95. The van der Waals surface area contributed by atoms with E-state index in [4.69, 9.17) is 27.9 Å². The molecule has 1 aliphatic rings. The number of carbonyl (C=O) groups is 2. The number of ether oxygens (including phenoxy) is 2. The van der Waals surface area contributed by atoms with Crippen molar-refractivity contribution in [3.8, 4) is 5.75 Å². The average molecular weight is 563 g/mol. The zero-order valence-corrected chi connectivity index (χ0v) is 22.2. The molecule has 1 aromatic carbocycles. The number of anilines is 1. The van der Waals surface area contributed by atoms with Gasteiger partial charge in [-0.25, -0.2) is 0 Å². The van der Waals surface area contributed by atoms with E-state index in [0.29, 0.717) is 23.8 Å². The molecule has 0 spiro atoms. The molecule has 2 aromatic rings. The second kappa shape index (κ2) is 12.4. The molecule has 204 valence electrons. The molecule has 0 unspecified atom stereocenters. The highest BCUT2D eigenvalue weighted by molar-refractivity contribution is 6.31. The third-order valence-electron chi connectivity index (χ3n) is 6.42. The van der Waals surface area contributed by atoms with Gasteiger partial charge in [0.25, 0.3) is 5.91 Å². The van der Waals surface area contributed by atoms with Gasteiger partial charge in [0.15, 0.2) is 5.75 Å². The minimum atomic E-state index is -3.11. The van der Waals surface area contributed by atoms with Crippen LogP contribution in [0.25, 0.3) is 0 Å². The molecule has 37 heavy (non-hydrogen) atoms. The van der Waals surface area contributed by atoms with Crippen molar-refractivity contribution in [2.24, 2.45) is 5.92 Å². The number of piperidine rings is 1. The number of amides is 1. The van der Waals surface area contributed by atoms with Crippen molar-refractivity contribution in [1.82, 2.24) is 14.7 Å². The predicted molar refractivity (Wildman–Crippen MR) is 135 cm³/mol. The summed E-state index contributed by atoms with van der Waals surface area (Å²) in [6.07, 6.45) is 2.02. The van der Waals surface area contributed by atoms with Gasteiger partial charge in [-0.2, -0.15) is 13.9 Å². The van der Waals surface area contributed by atoms with Crippen LogP contribution in [0.4, 0.5) is 14.5 Å². The Morgan fingerprint density at radius 1 is 1.24 bits per heavy atom. The van der Waals surface area contributed by atoms with Crippen LogP contribution >= 0.6 is 23.2 Å². The minimum Gasteiger partial charge on any atom is -0.481 e. The van der Waals surface area contributed by atoms with E-state index in [1.807, 2.05) is 18.7 Å². The fraction of sp³-hybridized carbons (Fsp3) is 0.542. The van der Waals surface area contributed by atoms with Gasteiger partial charge in [0.05, 0.1) is 35.1 Å². The summed E-state index contributed by atoms with van der Waals surface area (Å²) in [4.78, 5) is 27.5. The number of hydrogen-bond acceptors (Lipinski definition) is 6. The van der Waals surface area contributed by atoms with Gasteiger partial charge in [-0.3, -0.25) is 14.3 Å². The van der Waals surface area contributed by atoms with Gasteiger partial charge in [0.2, 0.25) is 0 Å². The van der Waals surface area contributed by atoms with E-state index in [0.717, 1.165) is 0 Å². The summed E-state index contributed by atoms with van der Waals surface area (Å²) >= 11 is 12.4. The first kappa shape index (κ1) is 29.1. The molecule has 1 atom stereocenters. The zero-order chi connectivity index (χ0) is 27.3. The number of nitrogens with zero attached hydrogens (tertiary/aromatic N) is 3. The molecule has 2 N–H and O–H groups in total. The van der Waals surface area contributed by atoms with Gasteiger partial charge in [-0.15, -0.1) is 0 Å². The van der Waals surface area contributed by atoms with E-state index >= 15 is 0 Å². The number of halogens is 4. The number of benzene rings is 1. The Kier molecular flexibility index (Phi) is 9.74. The lowest BCUT2D eigenvalue weighted by Gasteiger charge is -2.42. The number of alkyl halides is 2. The van der Waals surface area contributed by atoms with E-state index in [2.05, 4.69) is 15.2 Å². The first-order valence-corrected chi connectivity index (χ1v) is 12.5. The zero-order valence-electron chi connectivity index (χ0n) is 20.7. The number of aliphatic carboxylic acids is 1. The van der Waals surface area contributed by atoms with Crippen molar-refractivity contribution in [3.63, 3.8) is 0 Å². The molecule has 0 aliphatic carbocycles. The normalized spacial score (nSPS) is 16.7. The molecule has 0 radical (unpaired) electrons. The summed E-state index contributed by atoms with van der Waals surface area (Å²) in [5.74, 6) is -2.51. The maximum absolute atomic E-state index is 13.9. The molecule has 0 bridgehead atoms. The highest BCUT2D eigenvalue weighted by Gasteiger charge is 2.46. The Morgan fingerprint density at radius 2 is 1.92 bits per heavy atom. The second-order valence-electron chi connectivity index (χ2n) is 9.24. The molecule has 1 fully saturated rings. The Hall–Kier alpha value is -2.47. The minimum absolute atomic E-state index is 0.0342. The van der Waals surface area contributed by atoms with Crippen LogP contribution in [0.3, 0.4) is 0 Å². The van der Waals surface area contributed by atoms with Crippen LogP contribution in [-0.2, 0) is 19.9 Å². The lowest BCUT2D eigenvalue weighted by molar-refractivity contribution is -0.145. The molecular formula is C24H30Cl2F2N4O5. The maximum Gasteiger partial charge on any atom is 0.387 e. The first-order valence-electron chi connectivity index (χ1n) is 11.7. The quantitative estimate of drug-likeness (QED) is 0.409. The number of aromatic nitrogens is 2. The number of carbonyl (C=O) groups excluding carboxylic acids is 1. The smallest absolute Gasteiger partial charge is 0.387 e. The van der Waals surface area contributed by atoms with Crippen LogP contribution in [0.15, 0.2) is 24.4 Å². The molecule has 1 saturated heterocycles. The molecule has 9 nitrogen and oxygen atoms in total. The average Bonchev–Trinajstić information content (AvgIpc) is 3.22. The van der Waals surface area contributed by atoms with Crippen molar-refractivity contribution < 1.29 is 33.0 Å². The fourth-order valence-electron chi connectivity index (χ4n) is 4.59. The number of nitrogens with one attached hydrogen (secondary N) is 1. The van der Waals surface area contributed by atoms with Crippen molar-refractivity contribution in [2.75, 3.05) is 38.7 Å². The lowest BCUT2D eigenvalue weighted by atomic mass is 9.85. The Morgan fingerprint density at radius 3 is 2.49 bits per heavy atom. The van der Waals surface area contributed by atoms with Gasteiger partial charge in [0.1, 0.15) is 5.54 Å². The number of likely N-dealkylation sites (tertiary alicyclic amines) is 1. The fourth-order valence-corrected chi connectivity index (χ4v) is 5.09. The van der Waals surface area contributed by atoms with E-state index in [-0.39, 0.29) is 48.4 Å². The molecule has 2 heterocycles. The molecule has 3 rings (SSSR count). The summed E-state index contributed by atoms with van der Waals surface area (Å²) < 4.78 is 37.2. The van der Waals surface area contributed by atoms with Crippen LogP contribution in [0.5, 0.6) is 5.75 Å². The summed E-state index contributed by atoms with van der Waals surface area (Å²) in [5.41, 5.74) is -0.523.